The monoisotopic (exact) mass is 223 g/mol. The second-order valence-electron chi connectivity index (χ2n) is 2.42. The van der Waals surface area contributed by atoms with Crippen molar-refractivity contribution < 1.29 is 13.2 Å². The smallest absolute Gasteiger partial charge is 0.259 e. The zero-order chi connectivity index (χ0) is 10.8. The molecule has 0 aliphatic carbocycles. The molecule has 1 aromatic rings. The molecule has 0 bridgehead atoms. The Morgan fingerprint density at radius 2 is 2.07 bits per heavy atom. The first-order valence-corrected chi connectivity index (χ1v) is 3.87. The third-order valence-electron chi connectivity index (χ3n) is 1.19. The van der Waals surface area contributed by atoms with Gasteiger partial charge in [-0.2, -0.15) is 13.2 Å². The SMILES string of the molecule is Cc1cncc(N=C(Cl)C(F)(F)F)n1. The van der Waals surface area contributed by atoms with Crippen LogP contribution in [0.25, 0.3) is 0 Å². The van der Waals surface area contributed by atoms with Crippen molar-refractivity contribution in [2.75, 3.05) is 0 Å². The second-order valence-corrected chi connectivity index (χ2v) is 2.78. The van der Waals surface area contributed by atoms with Crippen LogP contribution in [0.1, 0.15) is 5.69 Å². The summed E-state index contributed by atoms with van der Waals surface area (Å²) in [5, 5.41) is -1.46. The Balaban J connectivity index is 2.98. The molecule has 0 aliphatic heterocycles. The molecule has 0 N–H and O–H groups in total. The molecule has 0 radical (unpaired) electrons. The van der Waals surface area contributed by atoms with Crippen molar-refractivity contribution in [1.29, 1.82) is 0 Å². The third kappa shape index (κ3) is 2.95. The second kappa shape index (κ2) is 3.91. The summed E-state index contributed by atoms with van der Waals surface area (Å²) in [5.41, 5.74) is 0.470. The Hall–Kier alpha value is -1.17. The molecule has 76 valence electrons. The van der Waals surface area contributed by atoms with Crippen LogP contribution in [0.4, 0.5) is 19.0 Å². The third-order valence-corrected chi connectivity index (χ3v) is 1.49. The van der Waals surface area contributed by atoms with Crippen molar-refractivity contribution in [2.45, 2.75) is 13.1 Å². The fourth-order valence-electron chi connectivity index (χ4n) is 0.668. The fraction of sp³-hybridized carbons (Fsp3) is 0.286. The molecule has 14 heavy (non-hydrogen) atoms. The number of nitrogens with zero attached hydrogens (tertiary/aromatic N) is 3. The average Bonchev–Trinajstić information content (AvgIpc) is 2.02. The minimum Gasteiger partial charge on any atom is -0.259 e. The van der Waals surface area contributed by atoms with E-state index in [1.54, 1.807) is 6.92 Å². The summed E-state index contributed by atoms with van der Waals surface area (Å²) in [6.45, 7) is 1.59. The number of hydrogen-bond acceptors (Lipinski definition) is 3. The molecule has 1 rings (SSSR count). The standard InChI is InChI=1S/C7H5ClF3N3/c1-4-2-12-3-5(13-4)14-6(8)7(9,10)11/h2-3H,1H3. The molecule has 0 amide bonds. The zero-order valence-corrected chi connectivity index (χ0v) is 7.76. The van der Waals surface area contributed by atoms with Gasteiger partial charge in [-0.3, -0.25) is 4.98 Å². The van der Waals surface area contributed by atoms with Gasteiger partial charge < -0.3 is 0 Å². The van der Waals surface area contributed by atoms with E-state index >= 15 is 0 Å². The van der Waals surface area contributed by atoms with Gasteiger partial charge in [-0.1, -0.05) is 11.6 Å². The molecule has 0 aliphatic rings. The van der Waals surface area contributed by atoms with E-state index in [0.29, 0.717) is 5.69 Å². The number of aliphatic imine (C=N–C) groups is 1. The Bertz CT molecular complexity index is 361. The number of alkyl halides is 3. The van der Waals surface area contributed by atoms with Gasteiger partial charge >= 0.3 is 6.18 Å². The van der Waals surface area contributed by atoms with Gasteiger partial charge in [0.1, 0.15) is 0 Å². The molecule has 1 heterocycles. The summed E-state index contributed by atoms with van der Waals surface area (Å²) in [5.74, 6) is -0.160. The summed E-state index contributed by atoms with van der Waals surface area (Å²) in [6, 6.07) is 0. The van der Waals surface area contributed by atoms with E-state index in [9.17, 15) is 13.2 Å². The molecule has 0 aromatic carbocycles. The van der Waals surface area contributed by atoms with Crippen molar-refractivity contribution in [3.63, 3.8) is 0 Å². The highest BCUT2D eigenvalue weighted by molar-refractivity contribution is 6.67. The van der Waals surface area contributed by atoms with Crippen LogP contribution in [0.5, 0.6) is 0 Å². The summed E-state index contributed by atoms with van der Waals surface area (Å²) in [7, 11) is 0. The maximum Gasteiger partial charge on any atom is 0.444 e. The lowest BCUT2D eigenvalue weighted by Gasteiger charge is -2.02. The predicted molar refractivity (Wildman–Crippen MR) is 45.8 cm³/mol. The van der Waals surface area contributed by atoms with Crippen LogP contribution in [0.3, 0.4) is 0 Å². The Kier molecular flexibility index (Phi) is 3.05. The molecule has 3 nitrogen and oxygen atoms in total. The predicted octanol–water partition coefficient (Wildman–Crippen LogP) is 2.62. The van der Waals surface area contributed by atoms with Crippen molar-refractivity contribution in [2.24, 2.45) is 4.99 Å². The molecule has 7 heteroatoms. The largest absolute Gasteiger partial charge is 0.444 e. The summed E-state index contributed by atoms with van der Waals surface area (Å²) in [6.07, 6.45) is -2.14. The van der Waals surface area contributed by atoms with Crippen LogP contribution in [0, 0.1) is 6.92 Å². The lowest BCUT2D eigenvalue weighted by molar-refractivity contribution is -0.0558. The number of hydrogen-bond donors (Lipinski definition) is 0. The lowest BCUT2D eigenvalue weighted by atomic mass is 10.5. The van der Waals surface area contributed by atoms with Crippen LogP contribution in [0.2, 0.25) is 0 Å². The fourth-order valence-corrected chi connectivity index (χ4v) is 0.755. The highest BCUT2D eigenvalue weighted by Gasteiger charge is 2.34. The zero-order valence-electron chi connectivity index (χ0n) is 7.01. The maximum absolute atomic E-state index is 11.9. The van der Waals surface area contributed by atoms with Gasteiger partial charge in [-0.05, 0) is 6.92 Å². The molecule has 0 unspecified atom stereocenters. The summed E-state index contributed by atoms with van der Waals surface area (Å²) >= 11 is 4.90. The number of halogens is 4. The quantitative estimate of drug-likeness (QED) is 0.687. The van der Waals surface area contributed by atoms with E-state index in [2.05, 4.69) is 15.0 Å². The van der Waals surface area contributed by atoms with Crippen LogP contribution in [0.15, 0.2) is 17.4 Å². The van der Waals surface area contributed by atoms with Crippen molar-refractivity contribution in [1.82, 2.24) is 9.97 Å². The minimum absolute atomic E-state index is 0.160. The van der Waals surface area contributed by atoms with Gasteiger partial charge in [-0.15, -0.1) is 0 Å². The van der Waals surface area contributed by atoms with Crippen molar-refractivity contribution >= 4 is 22.6 Å². The van der Waals surface area contributed by atoms with Gasteiger partial charge in [0, 0.05) is 6.20 Å². The van der Waals surface area contributed by atoms with Gasteiger partial charge in [0.25, 0.3) is 0 Å². The first-order valence-electron chi connectivity index (χ1n) is 3.49. The van der Waals surface area contributed by atoms with Gasteiger partial charge in [0.15, 0.2) is 5.82 Å². The van der Waals surface area contributed by atoms with Crippen molar-refractivity contribution in [3.05, 3.63) is 18.1 Å². The van der Waals surface area contributed by atoms with E-state index in [1.807, 2.05) is 0 Å². The molecular weight excluding hydrogens is 219 g/mol. The Morgan fingerprint density at radius 1 is 1.43 bits per heavy atom. The van der Waals surface area contributed by atoms with Crippen LogP contribution in [-0.2, 0) is 0 Å². The first-order chi connectivity index (χ1) is 6.39. The average molecular weight is 224 g/mol. The molecule has 0 spiro atoms. The van der Waals surface area contributed by atoms with Gasteiger partial charge in [-0.25, -0.2) is 9.98 Å². The van der Waals surface area contributed by atoms with E-state index in [4.69, 9.17) is 11.6 Å². The topological polar surface area (TPSA) is 38.1 Å². The molecule has 0 fully saturated rings. The molecule has 0 saturated heterocycles. The lowest BCUT2D eigenvalue weighted by Crippen LogP contribution is -2.16. The number of aryl methyl sites for hydroxylation is 1. The molecule has 1 aromatic heterocycles. The summed E-state index contributed by atoms with van der Waals surface area (Å²) in [4.78, 5) is 10.4. The minimum atomic E-state index is -4.65. The number of rotatable bonds is 1. The Labute approximate surface area is 82.7 Å². The van der Waals surface area contributed by atoms with E-state index in [1.165, 1.54) is 6.20 Å². The molecule has 0 atom stereocenters. The van der Waals surface area contributed by atoms with Crippen LogP contribution in [-0.4, -0.2) is 21.3 Å². The highest BCUT2D eigenvalue weighted by atomic mass is 35.5. The van der Waals surface area contributed by atoms with Crippen LogP contribution >= 0.6 is 11.6 Å². The van der Waals surface area contributed by atoms with E-state index < -0.39 is 11.3 Å². The van der Waals surface area contributed by atoms with Crippen LogP contribution < -0.4 is 0 Å². The summed E-state index contributed by atoms with van der Waals surface area (Å²) < 4.78 is 35.8. The molecule has 0 saturated carbocycles. The normalized spacial score (nSPS) is 13.1. The van der Waals surface area contributed by atoms with E-state index in [0.717, 1.165) is 6.20 Å². The van der Waals surface area contributed by atoms with Crippen molar-refractivity contribution in [3.8, 4) is 0 Å². The van der Waals surface area contributed by atoms with E-state index in [-0.39, 0.29) is 5.82 Å². The molecular formula is C7H5ClF3N3. The highest BCUT2D eigenvalue weighted by Crippen LogP contribution is 2.22. The maximum atomic E-state index is 11.9. The van der Waals surface area contributed by atoms with Gasteiger partial charge in [0.2, 0.25) is 5.17 Å². The van der Waals surface area contributed by atoms with Gasteiger partial charge in [0.05, 0.1) is 11.9 Å². The number of aromatic nitrogens is 2. The first kappa shape index (κ1) is 10.9. The Morgan fingerprint density at radius 3 is 2.57 bits per heavy atom.